The van der Waals surface area contributed by atoms with Crippen LogP contribution in [0, 0.1) is 0 Å². The Balaban J connectivity index is 2.55. The predicted molar refractivity (Wildman–Crippen MR) is 73.8 cm³/mol. The van der Waals surface area contributed by atoms with E-state index in [-0.39, 0.29) is 22.1 Å². The molecule has 2 N–H and O–H groups in total. The molecule has 1 aliphatic heterocycles. The summed E-state index contributed by atoms with van der Waals surface area (Å²) in [7, 11) is -7.12. The third kappa shape index (κ3) is 2.45. The number of hydrogen-bond acceptors (Lipinski definition) is 5. The molecule has 104 valence electrons. The fourth-order valence-corrected chi connectivity index (χ4v) is 5.39. The summed E-state index contributed by atoms with van der Waals surface area (Å²) in [5, 5.41) is 0. The van der Waals surface area contributed by atoms with Crippen LogP contribution in [-0.2, 0) is 26.2 Å². The molecule has 2 rings (SSSR count). The highest BCUT2D eigenvalue weighted by Crippen LogP contribution is 2.35. The maximum atomic E-state index is 12.4. The molecule has 1 aromatic rings. The summed E-state index contributed by atoms with van der Waals surface area (Å²) >= 11 is 0. The number of sulfone groups is 2. The van der Waals surface area contributed by atoms with Crippen molar-refractivity contribution in [2.45, 2.75) is 18.4 Å². The van der Waals surface area contributed by atoms with E-state index in [1.54, 1.807) is 18.2 Å². The first-order valence-corrected chi connectivity index (χ1v) is 9.10. The minimum absolute atomic E-state index is 0.0646. The molecule has 0 amide bonds. The molecule has 0 unspecified atom stereocenters. The normalized spacial score (nSPS) is 17.1. The molecule has 0 aromatic heterocycles. The fraction of sp³-hybridized carbons (Fsp3) is 0.333. The van der Waals surface area contributed by atoms with Gasteiger partial charge >= 0.3 is 0 Å². The standard InChI is InChI=1S/C12H15NO4S2/c1-2-18(14,15)8-11-6-9-4-3-5-10(7-13)12(9)19(11,16)17/h3-6H,2,7-8,13H2,1H3. The van der Waals surface area contributed by atoms with E-state index in [0.29, 0.717) is 11.1 Å². The SMILES string of the molecule is CCS(=O)(=O)CC1=Cc2cccc(CN)c2S1(=O)=O. The predicted octanol–water partition coefficient (Wildman–Crippen LogP) is 0.708. The third-order valence-electron chi connectivity index (χ3n) is 3.08. The van der Waals surface area contributed by atoms with E-state index in [9.17, 15) is 16.8 Å². The summed E-state index contributed by atoms with van der Waals surface area (Å²) < 4.78 is 48.0. The zero-order valence-corrected chi connectivity index (χ0v) is 12.1. The number of fused-ring (bicyclic) bond motifs is 1. The van der Waals surface area contributed by atoms with Gasteiger partial charge in [-0.05, 0) is 17.2 Å². The van der Waals surface area contributed by atoms with Gasteiger partial charge in [0.1, 0.15) is 0 Å². The molecule has 0 saturated heterocycles. The van der Waals surface area contributed by atoms with Gasteiger partial charge in [-0.15, -0.1) is 0 Å². The number of rotatable bonds is 4. The Morgan fingerprint density at radius 3 is 2.53 bits per heavy atom. The van der Waals surface area contributed by atoms with Crippen LogP contribution < -0.4 is 5.73 Å². The van der Waals surface area contributed by atoms with Crippen LogP contribution in [-0.4, -0.2) is 28.3 Å². The molecule has 0 bridgehead atoms. The first kappa shape index (κ1) is 14.2. The largest absolute Gasteiger partial charge is 0.326 e. The van der Waals surface area contributed by atoms with Gasteiger partial charge in [0.25, 0.3) is 0 Å². The quantitative estimate of drug-likeness (QED) is 0.883. The lowest BCUT2D eigenvalue weighted by Gasteiger charge is -2.07. The van der Waals surface area contributed by atoms with Crippen molar-refractivity contribution in [2.24, 2.45) is 5.73 Å². The maximum Gasteiger partial charge on any atom is 0.204 e. The average molecular weight is 301 g/mol. The molecule has 19 heavy (non-hydrogen) atoms. The summed E-state index contributed by atoms with van der Waals surface area (Å²) in [4.78, 5) is 0.0871. The maximum absolute atomic E-state index is 12.4. The molecular weight excluding hydrogens is 286 g/mol. The molecule has 0 spiro atoms. The molecule has 0 atom stereocenters. The molecule has 0 fully saturated rings. The van der Waals surface area contributed by atoms with E-state index in [0.717, 1.165) is 0 Å². The third-order valence-corrected chi connectivity index (χ3v) is 6.88. The molecule has 1 aliphatic rings. The molecular formula is C12H15NO4S2. The molecule has 1 heterocycles. The minimum atomic E-state index is -3.73. The highest BCUT2D eigenvalue weighted by molar-refractivity contribution is 7.98. The van der Waals surface area contributed by atoms with E-state index in [1.807, 2.05) is 0 Å². The Bertz CT molecular complexity index is 746. The Hall–Kier alpha value is -1.18. The molecule has 7 heteroatoms. The average Bonchev–Trinajstić information content (AvgIpc) is 2.61. The van der Waals surface area contributed by atoms with Crippen molar-refractivity contribution in [2.75, 3.05) is 11.5 Å². The van der Waals surface area contributed by atoms with Gasteiger partial charge in [0, 0.05) is 12.3 Å². The number of hydrogen-bond donors (Lipinski definition) is 1. The van der Waals surface area contributed by atoms with Gasteiger partial charge in [0.2, 0.25) is 9.84 Å². The van der Waals surface area contributed by atoms with Crippen molar-refractivity contribution in [1.29, 1.82) is 0 Å². The van der Waals surface area contributed by atoms with Crippen molar-refractivity contribution in [3.63, 3.8) is 0 Å². The highest BCUT2D eigenvalue weighted by Gasteiger charge is 2.33. The van der Waals surface area contributed by atoms with Gasteiger partial charge in [-0.3, -0.25) is 0 Å². The smallest absolute Gasteiger partial charge is 0.204 e. The second-order valence-corrected chi connectivity index (χ2v) is 8.62. The Kier molecular flexibility index (Phi) is 3.55. The second-order valence-electron chi connectivity index (χ2n) is 4.33. The molecule has 5 nitrogen and oxygen atoms in total. The highest BCUT2D eigenvalue weighted by atomic mass is 32.2. The van der Waals surface area contributed by atoms with Crippen molar-refractivity contribution in [3.05, 3.63) is 34.2 Å². The Morgan fingerprint density at radius 1 is 1.26 bits per heavy atom. The van der Waals surface area contributed by atoms with Gasteiger partial charge in [0.05, 0.1) is 15.6 Å². The zero-order valence-electron chi connectivity index (χ0n) is 10.5. The van der Waals surface area contributed by atoms with Gasteiger partial charge in [-0.2, -0.15) is 0 Å². The van der Waals surface area contributed by atoms with Crippen LogP contribution in [0.3, 0.4) is 0 Å². The van der Waals surface area contributed by atoms with E-state index in [4.69, 9.17) is 5.73 Å². The van der Waals surface area contributed by atoms with Crippen LogP contribution in [0.2, 0.25) is 0 Å². The lowest BCUT2D eigenvalue weighted by Crippen LogP contribution is -2.16. The first-order chi connectivity index (χ1) is 8.81. The van der Waals surface area contributed by atoms with Crippen molar-refractivity contribution >= 4 is 25.8 Å². The lowest BCUT2D eigenvalue weighted by molar-refractivity contribution is 0.593. The summed E-state index contributed by atoms with van der Waals surface area (Å²) in [6.45, 7) is 1.60. The Labute approximate surface area is 113 Å². The van der Waals surface area contributed by atoms with Crippen LogP contribution >= 0.6 is 0 Å². The second kappa shape index (κ2) is 4.73. The monoisotopic (exact) mass is 301 g/mol. The van der Waals surface area contributed by atoms with E-state index < -0.39 is 25.4 Å². The van der Waals surface area contributed by atoms with Crippen LogP contribution in [0.15, 0.2) is 28.0 Å². The lowest BCUT2D eigenvalue weighted by atomic mass is 10.1. The summed E-state index contributed by atoms with van der Waals surface area (Å²) in [5.41, 5.74) is 6.57. The van der Waals surface area contributed by atoms with E-state index in [2.05, 4.69) is 0 Å². The summed E-state index contributed by atoms with van der Waals surface area (Å²) in [6.07, 6.45) is 1.43. The van der Waals surface area contributed by atoms with E-state index in [1.165, 1.54) is 13.0 Å². The number of nitrogens with two attached hydrogens (primary N) is 1. The molecule has 0 aliphatic carbocycles. The van der Waals surface area contributed by atoms with Crippen molar-refractivity contribution in [3.8, 4) is 0 Å². The fourth-order valence-electron chi connectivity index (χ4n) is 2.03. The molecule has 1 aromatic carbocycles. The van der Waals surface area contributed by atoms with Crippen LogP contribution in [0.4, 0.5) is 0 Å². The van der Waals surface area contributed by atoms with Gasteiger partial charge < -0.3 is 5.73 Å². The van der Waals surface area contributed by atoms with Gasteiger partial charge in [-0.25, -0.2) is 16.8 Å². The van der Waals surface area contributed by atoms with Crippen molar-refractivity contribution in [1.82, 2.24) is 0 Å². The molecule has 0 radical (unpaired) electrons. The first-order valence-electron chi connectivity index (χ1n) is 5.80. The van der Waals surface area contributed by atoms with E-state index >= 15 is 0 Å². The van der Waals surface area contributed by atoms with Crippen LogP contribution in [0.5, 0.6) is 0 Å². The van der Waals surface area contributed by atoms with Crippen molar-refractivity contribution < 1.29 is 16.8 Å². The van der Waals surface area contributed by atoms with Crippen LogP contribution in [0.1, 0.15) is 18.1 Å². The Morgan fingerprint density at radius 2 is 1.95 bits per heavy atom. The summed E-state index contributed by atoms with van der Waals surface area (Å²) in [6, 6.07) is 5.00. The number of benzene rings is 1. The van der Waals surface area contributed by atoms with Crippen LogP contribution in [0.25, 0.3) is 6.08 Å². The van der Waals surface area contributed by atoms with Gasteiger partial charge in [0.15, 0.2) is 9.84 Å². The minimum Gasteiger partial charge on any atom is -0.326 e. The zero-order chi connectivity index (χ0) is 14.3. The van der Waals surface area contributed by atoms with Gasteiger partial charge in [-0.1, -0.05) is 25.1 Å². The molecule has 0 saturated carbocycles. The summed E-state index contributed by atoms with van der Waals surface area (Å²) in [5.74, 6) is -0.537. The topological polar surface area (TPSA) is 94.3 Å².